The van der Waals surface area contributed by atoms with Crippen molar-refractivity contribution < 1.29 is 19.4 Å². The molecular formula is C23H36N2O4S. The summed E-state index contributed by atoms with van der Waals surface area (Å²) in [4.78, 5) is 27.4. The number of nitrogens with zero attached hydrogens (tertiary/aromatic N) is 1. The zero-order valence-electron chi connectivity index (χ0n) is 18.8. The smallest absolute Gasteiger partial charge is 0.410 e. The minimum Gasteiger partial charge on any atom is -0.508 e. The number of phenols is 1. The number of carbonyl (C=O) groups excluding carboxylic acids is 2. The number of ether oxygens (including phenoxy) is 1. The summed E-state index contributed by atoms with van der Waals surface area (Å²) in [6, 6.07) is 7.07. The molecule has 1 saturated heterocycles. The largest absolute Gasteiger partial charge is 0.508 e. The van der Waals surface area contributed by atoms with E-state index in [0.29, 0.717) is 19.5 Å². The van der Waals surface area contributed by atoms with Crippen LogP contribution < -0.4 is 5.32 Å². The maximum absolute atomic E-state index is 12.9. The van der Waals surface area contributed by atoms with Gasteiger partial charge in [0, 0.05) is 30.3 Å². The first-order valence-electron chi connectivity index (χ1n) is 10.8. The van der Waals surface area contributed by atoms with Gasteiger partial charge >= 0.3 is 6.09 Å². The Hall–Kier alpha value is -1.89. The van der Waals surface area contributed by atoms with E-state index in [1.54, 1.807) is 30.0 Å². The number of rotatable bonds is 8. The molecule has 2 amide bonds. The minimum atomic E-state index is -0.535. The Bertz CT molecular complexity index is 719. The van der Waals surface area contributed by atoms with Gasteiger partial charge in [0.05, 0.1) is 0 Å². The molecule has 2 rings (SSSR count). The van der Waals surface area contributed by atoms with Gasteiger partial charge in [0.2, 0.25) is 5.91 Å². The molecule has 3 unspecified atom stereocenters. The van der Waals surface area contributed by atoms with Gasteiger partial charge in [0.15, 0.2) is 0 Å². The van der Waals surface area contributed by atoms with Crippen molar-refractivity contribution in [1.82, 2.24) is 10.2 Å². The number of amides is 2. The fraction of sp³-hybridized carbons (Fsp3) is 0.652. The molecular weight excluding hydrogens is 400 g/mol. The molecule has 3 atom stereocenters. The lowest BCUT2D eigenvalue weighted by Crippen LogP contribution is -2.49. The van der Waals surface area contributed by atoms with Crippen LogP contribution in [0.15, 0.2) is 24.3 Å². The second-order valence-corrected chi connectivity index (χ2v) is 10.3. The standard InChI is InChI=1S/C23H36N2O4S/c1-6-30-20(19-11-8-14-25(19)22(28)29-23(3,4)5)16(2)21(27)24-13-12-17-9-7-10-18(26)15-17/h7,9-10,15-16,19-20,26H,6,8,11-14H2,1-5H3,(H,24,27). The number of benzene rings is 1. The molecule has 168 valence electrons. The molecule has 0 saturated carbocycles. The topological polar surface area (TPSA) is 78.9 Å². The lowest BCUT2D eigenvalue weighted by molar-refractivity contribution is -0.124. The maximum atomic E-state index is 12.9. The molecule has 1 aliphatic heterocycles. The molecule has 0 radical (unpaired) electrons. The highest BCUT2D eigenvalue weighted by Crippen LogP contribution is 2.33. The van der Waals surface area contributed by atoms with Crippen LogP contribution in [-0.4, -0.2) is 57.7 Å². The van der Waals surface area contributed by atoms with Crippen LogP contribution in [0.1, 0.15) is 53.0 Å². The third-order valence-corrected chi connectivity index (χ3v) is 6.64. The Morgan fingerprint density at radius 1 is 1.37 bits per heavy atom. The van der Waals surface area contributed by atoms with Gasteiger partial charge < -0.3 is 20.1 Å². The van der Waals surface area contributed by atoms with E-state index in [9.17, 15) is 14.7 Å². The first kappa shape index (κ1) is 24.4. The van der Waals surface area contributed by atoms with Gasteiger partial charge in [-0.15, -0.1) is 0 Å². The Balaban J connectivity index is 1.99. The molecule has 7 heteroatoms. The molecule has 1 aliphatic rings. The van der Waals surface area contributed by atoms with Crippen molar-refractivity contribution in [3.63, 3.8) is 0 Å². The van der Waals surface area contributed by atoms with Crippen molar-refractivity contribution in [2.75, 3.05) is 18.8 Å². The summed E-state index contributed by atoms with van der Waals surface area (Å²) in [5.41, 5.74) is 0.446. The van der Waals surface area contributed by atoms with Crippen LogP contribution >= 0.6 is 11.8 Å². The SMILES string of the molecule is CCSC(C(C)C(=O)NCCc1cccc(O)c1)C1CCCN1C(=O)OC(C)(C)C. The molecule has 1 heterocycles. The zero-order valence-corrected chi connectivity index (χ0v) is 19.6. The van der Waals surface area contributed by atoms with E-state index in [0.717, 1.165) is 24.2 Å². The van der Waals surface area contributed by atoms with Crippen LogP contribution in [-0.2, 0) is 16.0 Å². The summed E-state index contributed by atoms with van der Waals surface area (Å²) in [5.74, 6) is 0.879. The van der Waals surface area contributed by atoms with Gasteiger partial charge in [-0.25, -0.2) is 4.79 Å². The molecule has 1 fully saturated rings. The second kappa shape index (κ2) is 10.9. The van der Waals surface area contributed by atoms with E-state index >= 15 is 0 Å². The van der Waals surface area contributed by atoms with Gasteiger partial charge in [-0.1, -0.05) is 26.0 Å². The monoisotopic (exact) mass is 436 g/mol. The van der Waals surface area contributed by atoms with Crippen molar-refractivity contribution >= 4 is 23.8 Å². The normalized spacial score (nSPS) is 18.7. The molecule has 6 nitrogen and oxygen atoms in total. The lowest BCUT2D eigenvalue weighted by atomic mass is 9.98. The van der Waals surface area contributed by atoms with E-state index in [2.05, 4.69) is 12.2 Å². The number of thioether (sulfide) groups is 1. The van der Waals surface area contributed by atoms with Crippen molar-refractivity contribution in [2.24, 2.45) is 5.92 Å². The van der Waals surface area contributed by atoms with Crippen molar-refractivity contribution in [3.05, 3.63) is 29.8 Å². The summed E-state index contributed by atoms with van der Waals surface area (Å²) in [5, 5.41) is 12.6. The first-order chi connectivity index (χ1) is 14.1. The molecule has 0 aromatic heterocycles. The number of carbonyl (C=O) groups is 2. The predicted molar refractivity (Wildman–Crippen MR) is 122 cm³/mol. The van der Waals surface area contributed by atoms with Crippen molar-refractivity contribution in [2.45, 2.75) is 70.8 Å². The van der Waals surface area contributed by atoms with E-state index < -0.39 is 5.60 Å². The molecule has 1 aromatic rings. The average Bonchev–Trinajstić information content (AvgIpc) is 3.14. The van der Waals surface area contributed by atoms with Crippen molar-refractivity contribution in [3.8, 4) is 5.75 Å². The summed E-state index contributed by atoms with van der Waals surface area (Å²) in [6.45, 7) is 10.8. The molecule has 2 N–H and O–H groups in total. The van der Waals surface area contributed by atoms with Crippen LogP contribution in [0.2, 0.25) is 0 Å². The Morgan fingerprint density at radius 3 is 2.73 bits per heavy atom. The van der Waals surface area contributed by atoms with Crippen LogP contribution in [0.4, 0.5) is 4.79 Å². The number of likely N-dealkylation sites (tertiary alicyclic amines) is 1. The summed E-state index contributed by atoms with van der Waals surface area (Å²) >= 11 is 1.74. The molecule has 0 aliphatic carbocycles. The lowest BCUT2D eigenvalue weighted by Gasteiger charge is -2.35. The highest BCUT2D eigenvalue weighted by Gasteiger charge is 2.40. The van der Waals surface area contributed by atoms with Crippen LogP contribution in [0, 0.1) is 5.92 Å². The molecule has 1 aromatic carbocycles. The van der Waals surface area contributed by atoms with Gasteiger partial charge in [0.25, 0.3) is 0 Å². The molecule has 30 heavy (non-hydrogen) atoms. The number of hydrogen-bond acceptors (Lipinski definition) is 5. The van der Waals surface area contributed by atoms with E-state index in [4.69, 9.17) is 4.74 Å². The summed E-state index contributed by atoms with van der Waals surface area (Å²) < 4.78 is 5.60. The average molecular weight is 437 g/mol. The summed E-state index contributed by atoms with van der Waals surface area (Å²) in [6.07, 6.45) is 2.18. The van der Waals surface area contributed by atoms with Gasteiger partial charge in [-0.05, 0) is 63.5 Å². The third-order valence-electron chi connectivity index (χ3n) is 5.20. The number of aromatic hydroxyl groups is 1. The van der Waals surface area contributed by atoms with Gasteiger partial charge in [-0.2, -0.15) is 11.8 Å². The Labute approximate surface area is 184 Å². The quantitative estimate of drug-likeness (QED) is 0.638. The zero-order chi connectivity index (χ0) is 22.3. The summed E-state index contributed by atoms with van der Waals surface area (Å²) in [7, 11) is 0. The number of hydrogen-bond donors (Lipinski definition) is 2. The minimum absolute atomic E-state index is 0.00265. The highest BCUT2D eigenvalue weighted by molar-refractivity contribution is 7.99. The Kier molecular flexibility index (Phi) is 8.89. The molecule has 0 spiro atoms. The predicted octanol–water partition coefficient (Wildman–Crippen LogP) is 4.21. The van der Waals surface area contributed by atoms with Crippen LogP contribution in [0.3, 0.4) is 0 Å². The number of phenolic OH excluding ortho intramolecular Hbond substituents is 1. The van der Waals surface area contributed by atoms with E-state index in [-0.39, 0.29) is 35.0 Å². The van der Waals surface area contributed by atoms with Crippen LogP contribution in [0.5, 0.6) is 5.75 Å². The van der Waals surface area contributed by atoms with Crippen molar-refractivity contribution in [1.29, 1.82) is 0 Å². The fourth-order valence-corrected chi connectivity index (χ4v) is 5.12. The van der Waals surface area contributed by atoms with E-state index in [1.165, 1.54) is 0 Å². The van der Waals surface area contributed by atoms with Crippen LogP contribution in [0.25, 0.3) is 0 Å². The third kappa shape index (κ3) is 7.11. The number of nitrogens with one attached hydrogen (secondary N) is 1. The Morgan fingerprint density at radius 2 is 2.10 bits per heavy atom. The van der Waals surface area contributed by atoms with Gasteiger partial charge in [0.1, 0.15) is 11.4 Å². The first-order valence-corrected chi connectivity index (χ1v) is 11.8. The maximum Gasteiger partial charge on any atom is 0.410 e. The fourth-order valence-electron chi connectivity index (χ4n) is 3.81. The molecule has 0 bridgehead atoms. The van der Waals surface area contributed by atoms with Gasteiger partial charge in [-0.3, -0.25) is 4.79 Å². The van der Waals surface area contributed by atoms with E-state index in [1.807, 2.05) is 38.7 Å². The second-order valence-electron chi connectivity index (χ2n) is 8.80. The highest BCUT2D eigenvalue weighted by atomic mass is 32.2.